The number of aromatic nitrogens is 5. The van der Waals surface area contributed by atoms with Crippen molar-refractivity contribution in [1.29, 1.82) is 0 Å². The molecule has 0 aliphatic carbocycles. The number of nitrogens with one attached hydrogen (secondary N) is 1. The van der Waals surface area contributed by atoms with Crippen LogP contribution in [0.2, 0.25) is 0 Å². The van der Waals surface area contributed by atoms with Gasteiger partial charge in [-0.05, 0) is 33.3 Å². The Balaban J connectivity index is 1.91. The number of hydrogen-bond donors (Lipinski definition) is 1. The monoisotopic (exact) mass is 357 g/mol. The molecule has 0 saturated carbocycles. The molecule has 0 radical (unpaired) electrons. The first kappa shape index (κ1) is 17.3. The van der Waals surface area contributed by atoms with Crippen molar-refractivity contribution in [2.45, 2.75) is 38.0 Å². The van der Waals surface area contributed by atoms with Crippen molar-refractivity contribution in [3.8, 4) is 0 Å². The minimum absolute atomic E-state index is 0.0431. The van der Waals surface area contributed by atoms with Crippen LogP contribution in [0.4, 0.5) is 0 Å². The highest BCUT2D eigenvalue weighted by molar-refractivity contribution is 8.00. The second kappa shape index (κ2) is 6.44. The third-order valence-electron chi connectivity index (χ3n) is 4.19. The molecule has 7 nitrogen and oxygen atoms in total. The van der Waals surface area contributed by atoms with Crippen molar-refractivity contribution in [2.24, 2.45) is 7.05 Å². The largest absolute Gasteiger partial charge is 0.355 e. The number of thioether (sulfide) groups is 1. The van der Waals surface area contributed by atoms with Crippen LogP contribution in [-0.4, -0.2) is 41.5 Å². The van der Waals surface area contributed by atoms with Gasteiger partial charge < -0.3 is 4.98 Å². The molecule has 1 N–H and O–H groups in total. The lowest BCUT2D eigenvalue weighted by molar-refractivity contribution is 0.0988. The smallest absolute Gasteiger partial charge is 0.192 e. The van der Waals surface area contributed by atoms with Crippen molar-refractivity contribution in [3.05, 3.63) is 35.0 Å². The summed E-state index contributed by atoms with van der Waals surface area (Å²) in [5.41, 5.74) is 3.23. The zero-order chi connectivity index (χ0) is 18.3. The summed E-state index contributed by atoms with van der Waals surface area (Å²) in [5, 5.41) is 5.35. The lowest BCUT2D eigenvalue weighted by Gasteiger charge is -2.10. The highest BCUT2D eigenvalue weighted by Crippen LogP contribution is 2.30. The van der Waals surface area contributed by atoms with E-state index in [0.29, 0.717) is 21.8 Å². The van der Waals surface area contributed by atoms with Gasteiger partial charge in [0, 0.05) is 18.3 Å². The van der Waals surface area contributed by atoms with Gasteiger partial charge in [-0.1, -0.05) is 11.8 Å². The molecule has 1 atom stereocenters. The second-order valence-corrected chi connectivity index (χ2v) is 7.32. The molecule has 0 aliphatic heterocycles. The lowest BCUT2D eigenvalue weighted by atomic mass is 10.0. The average Bonchev–Trinajstić information content (AvgIpc) is 3.07. The van der Waals surface area contributed by atoms with Crippen LogP contribution in [-0.2, 0) is 7.05 Å². The minimum Gasteiger partial charge on any atom is -0.355 e. The molecule has 1 unspecified atom stereocenters. The van der Waals surface area contributed by atoms with Gasteiger partial charge in [-0.15, -0.1) is 0 Å². The number of carbonyl (C=O) groups is 2. The Hall–Kier alpha value is -2.48. The van der Waals surface area contributed by atoms with Crippen LogP contribution in [0.1, 0.15) is 46.0 Å². The van der Waals surface area contributed by atoms with Crippen LogP contribution in [0.25, 0.3) is 11.0 Å². The van der Waals surface area contributed by atoms with Gasteiger partial charge in [0.2, 0.25) is 0 Å². The molecule has 0 saturated heterocycles. The maximum absolute atomic E-state index is 12.9. The number of aryl methyl sites for hydroxylation is 2. The predicted octanol–water partition coefficient (Wildman–Crippen LogP) is 2.87. The number of hydrogen-bond acceptors (Lipinski definition) is 6. The van der Waals surface area contributed by atoms with E-state index in [1.165, 1.54) is 25.0 Å². The fraction of sp³-hybridized carbons (Fsp3) is 0.353. The van der Waals surface area contributed by atoms with Crippen molar-refractivity contribution in [2.75, 3.05) is 0 Å². The molecule has 3 aromatic heterocycles. The summed E-state index contributed by atoms with van der Waals surface area (Å²) < 4.78 is 1.67. The number of nitrogens with zero attached hydrogens (tertiary/aromatic N) is 4. The molecule has 0 bridgehead atoms. The van der Waals surface area contributed by atoms with E-state index in [-0.39, 0.29) is 16.8 Å². The van der Waals surface area contributed by atoms with Crippen molar-refractivity contribution in [3.63, 3.8) is 0 Å². The fourth-order valence-corrected chi connectivity index (χ4v) is 3.92. The number of Topliss-reactive ketones (excluding diaryl/α,β-unsaturated/α-hetero) is 2. The first-order valence-electron chi connectivity index (χ1n) is 7.85. The molecule has 0 spiro atoms. The highest BCUT2D eigenvalue weighted by Gasteiger charge is 2.25. The van der Waals surface area contributed by atoms with E-state index < -0.39 is 0 Å². The van der Waals surface area contributed by atoms with Crippen LogP contribution in [0.15, 0.2) is 17.6 Å². The Morgan fingerprint density at radius 1 is 1.28 bits per heavy atom. The van der Waals surface area contributed by atoms with Crippen LogP contribution in [0, 0.1) is 13.8 Å². The Bertz CT molecular complexity index is 988. The molecule has 0 aromatic carbocycles. The normalized spacial score (nSPS) is 12.5. The van der Waals surface area contributed by atoms with Crippen LogP contribution < -0.4 is 0 Å². The summed E-state index contributed by atoms with van der Waals surface area (Å²) in [6, 6.07) is 0. The number of aromatic amines is 1. The molecule has 3 heterocycles. The van der Waals surface area contributed by atoms with E-state index in [9.17, 15) is 9.59 Å². The molecular formula is C17H19N5O2S. The second-order valence-electron chi connectivity index (χ2n) is 5.99. The van der Waals surface area contributed by atoms with Crippen LogP contribution >= 0.6 is 11.8 Å². The highest BCUT2D eigenvalue weighted by atomic mass is 32.2. The number of H-pyrrole nitrogens is 1. The van der Waals surface area contributed by atoms with E-state index in [4.69, 9.17) is 0 Å². The number of fused-ring (bicyclic) bond motifs is 1. The standard InChI is InChI=1S/C17H19N5O2S/c1-8-13(10(3)23)9(2)21-14(8)15(24)11(4)25-17-12-6-20-22(5)16(12)18-7-19-17/h6-7,11,21H,1-5H3. The van der Waals surface area contributed by atoms with Crippen molar-refractivity contribution in [1.82, 2.24) is 24.7 Å². The van der Waals surface area contributed by atoms with Gasteiger partial charge in [0.05, 0.1) is 22.5 Å². The average molecular weight is 357 g/mol. The van der Waals surface area contributed by atoms with Crippen molar-refractivity contribution < 1.29 is 9.59 Å². The van der Waals surface area contributed by atoms with Gasteiger partial charge in [0.1, 0.15) is 11.4 Å². The van der Waals surface area contributed by atoms with Crippen LogP contribution in [0.5, 0.6) is 0 Å². The van der Waals surface area contributed by atoms with E-state index in [1.807, 2.05) is 20.9 Å². The summed E-state index contributed by atoms with van der Waals surface area (Å²) in [4.78, 5) is 36.2. The molecule has 0 fully saturated rings. The van der Waals surface area contributed by atoms with Crippen molar-refractivity contribution >= 4 is 34.4 Å². The molecule has 8 heteroatoms. The van der Waals surface area contributed by atoms with Gasteiger partial charge in [-0.3, -0.25) is 14.3 Å². The van der Waals surface area contributed by atoms with E-state index in [2.05, 4.69) is 20.1 Å². The number of ketones is 2. The number of carbonyl (C=O) groups excluding carboxylic acids is 2. The van der Waals surface area contributed by atoms with E-state index in [1.54, 1.807) is 17.8 Å². The van der Waals surface area contributed by atoms with Gasteiger partial charge in [-0.2, -0.15) is 5.10 Å². The summed E-state index contributed by atoms with van der Waals surface area (Å²) in [6.07, 6.45) is 3.17. The first-order valence-corrected chi connectivity index (χ1v) is 8.73. The van der Waals surface area contributed by atoms with Gasteiger partial charge >= 0.3 is 0 Å². The molecule has 3 aromatic rings. The quantitative estimate of drug-likeness (QED) is 0.429. The SMILES string of the molecule is CC(=O)c1c(C)[nH]c(C(=O)C(C)Sc2ncnc3c2cnn3C)c1C. The van der Waals surface area contributed by atoms with E-state index in [0.717, 1.165) is 16.7 Å². The molecular weight excluding hydrogens is 338 g/mol. The first-order chi connectivity index (χ1) is 11.8. The third kappa shape index (κ3) is 2.97. The Morgan fingerprint density at radius 2 is 2.00 bits per heavy atom. The van der Waals surface area contributed by atoms with Crippen LogP contribution in [0.3, 0.4) is 0 Å². The van der Waals surface area contributed by atoms with Gasteiger partial charge in [0.25, 0.3) is 0 Å². The lowest BCUT2D eigenvalue weighted by Crippen LogP contribution is -2.15. The maximum Gasteiger partial charge on any atom is 0.192 e. The molecule has 130 valence electrons. The summed E-state index contributed by atoms with van der Waals surface area (Å²) in [5.74, 6) is -0.104. The summed E-state index contributed by atoms with van der Waals surface area (Å²) in [7, 11) is 1.81. The topological polar surface area (TPSA) is 93.5 Å². The molecule has 25 heavy (non-hydrogen) atoms. The molecule has 0 amide bonds. The zero-order valence-electron chi connectivity index (χ0n) is 14.7. The zero-order valence-corrected chi connectivity index (χ0v) is 15.6. The predicted molar refractivity (Wildman–Crippen MR) is 96.2 cm³/mol. The van der Waals surface area contributed by atoms with Gasteiger partial charge in [-0.25, -0.2) is 9.97 Å². The molecule has 0 aliphatic rings. The summed E-state index contributed by atoms with van der Waals surface area (Å²) >= 11 is 1.36. The minimum atomic E-state index is -0.366. The van der Waals surface area contributed by atoms with Gasteiger partial charge in [0.15, 0.2) is 17.2 Å². The third-order valence-corrected chi connectivity index (χ3v) is 5.30. The van der Waals surface area contributed by atoms with E-state index >= 15 is 0 Å². The maximum atomic E-state index is 12.9. The fourth-order valence-electron chi connectivity index (χ4n) is 2.98. The Labute approximate surface area is 149 Å². The number of rotatable bonds is 5. The Kier molecular flexibility index (Phi) is 4.47. The summed E-state index contributed by atoms with van der Waals surface area (Å²) in [6.45, 7) is 6.95. The molecule has 3 rings (SSSR count). The Morgan fingerprint density at radius 3 is 2.64 bits per heavy atom.